The molecule has 0 aromatic heterocycles. The minimum Gasteiger partial charge on any atom is -0.497 e. The van der Waals surface area contributed by atoms with Gasteiger partial charge in [-0.3, -0.25) is 4.79 Å². The SMILES string of the molecule is COc1ccc2c(c1)OC[C@H](CNC(=O)c1cccc(C#N)c1)C2. The number of methoxy groups -OCH3 is 1. The monoisotopic (exact) mass is 322 g/mol. The van der Waals surface area contributed by atoms with Crippen molar-refractivity contribution in [2.24, 2.45) is 5.92 Å². The smallest absolute Gasteiger partial charge is 0.251 e. The number of carbonyl (C=O) groups is 1. The van der Waals surface area contributed by atoms with Crippen LogP contribution in [0.5, 0.6) is 11.5 Å². The lowest BCUT2D eigenvalue weighted by Crippen LogP contribution is -2.34. The molecular weight excluding hydrogens is 304 g/mol. The molecule has 0 spiro atoms. The maximum Gasteiger partial charge on any atom is 0.251 e. The highest BCUT2D eigenvalue weighted by atomic mass is 16.5. The van der Waals surface area contributed by atoms with Gasteiger partial charge in [0.05, 0.1) is 25.3 Å². The molecule has 0 saturated carbocycles. The number of nitrogens with one attached hydrogen (secondary N) is 1. The zero-order valence-corrected chi connectivity index (χ0v) is 13.4. The van der Waals surface area contributed by atoms with Gasteiger partial charge in [-0.2, -0.15) is 5.26 Å². The molecule has 1 atom stereocenters. The minimum atomic E-state index is -0.173. The predicted octanol–water partition coefficient (Wildman–Crippen LogP) is 2.55. The largest absolute Gasteiger partial charge is 0.497 e. The van der Waals surface area contributed by atoms with E-state index in [-0.39, 0.29) is 11.8 Å². The lowest BCUT2D eigenvalue weighted by Gasteiger charge is -2.25. The van der Waals surface area contributed by atoms with E-state index in [2.05, 4.69) is 5.32 Å². The molecule has 2 aromatic rings. The number of carbonyl (C=O) groups excluding carboxylic acids is 1. The van der Waals surface area contributed by atoms with Crippen molar-refractivity contribution in [1.29, 1.82) is 5.26 Å². The van der Waals surface area contributed by atoms with Crippen molar-refractivity contribution < 1.29 is 14.3 Å². The van der Waals surface area contributed by atoms with Gasteiger partial charge in [0.15, 0.2) is 0 Å². The first-order valence-electron chi connectivity index (χ1n) is 7.77. The molecule has 0 bridgehead atoms. The average molecular weight is 322 g/mol. The van der Waals surface area contributed by atoms with Crippen LogP contribution in [-0.2, 0) is 6.42 Å². The Hall–Kier alpha value is -3.00. The molecular formula is C19H18N2O3. The molecule has 1 amide bonds. The summed E-state index contributed by atoms with van der Waals surface area (Å²) in [5.74, 6) is 1.66. The molecule has 1 aliphatic rings. The fourth-order valence-electron chi connectivity index (χ4n) is 2.74. The van der Waals surface area contributed by atoms with Gasteiger partial charge in [-0.05, 0) is 36.2 Å². The van der Waals surface area contributed by atoms with Crippen LogP contribution in [0, 0.1) is 17.2 Å². The van der Waals surface area contributed by atoms with Crippen LogP contribution in [0.1, 0.15) is 21.5 Å². The van der Waals surface area contributed by atoms with Crippen molar-refractivity contribution in [2.75, 3.05) is 20.3 Å². The van der Waals surface area contributed by atoms with Crippen LogP contribution >= 0.6 is 0 Å². The van der Waals surface area contributed by atoms with Gasteiger partial charge in [0.2, 0.25) is 0 Å². The second-order valence-corrected chi connectivity index (χ2v) is 5.76. The predicted molar refractivity (Wildman–Crippen MR) is 89.2 cm³/mol. The number of nitrogens with zero attached hydrogens (tertiary/aromatic N) is 1. The van der Waals surface area contributed by atoms with E-state index in [1.54, 1.807) is 31.4 Å². The van der Waals surface area contributed by atoms with Gasteiger partial charge in [-0.1, -0.05) is 12.1 Å². The molecule has 1 heterocycles. The zero-order chi connectivity index (χ0) is 16.9. The first-order chi connectivity index (χ1) is 11.7. The summed E-state index contributed by atoms with van der Waals surface area (Å²) in [5.41, 5.74) is 2.09. The van der Waals surface area contributed by atoms with Gasteiger partial charge in [0.1, 0.15) is 11.5 Å². The van der Waals surface area contributed by atoms with E-state index >= 15 is 0 Å². The Morgan fingerprint density at radius 1 is 1.38 bits per heavy atom. The van der Waals surface area contributed by atoms with E-state index in [1.165, 1.54) is 0 Å². The molecule has 0 saturated heterocycles. The van der Waals surface area contributed by atoms with E-state index in [0.717, 1.165) is 23.5 Å². The van der Waals surface area contributed by atoms with Crippen molar-refractivity contribution in [2.45, 2.75) is 6.42 Å². The van der Waals surface area contributed by atoms with E-state index in [9.17, 15) is 4.79 Å². The average Bonchev–Trinajstić information content (AvgIpc) is 2.65. The van der Waals surface area contributed by atoms with Gasteiger partial charge in [-0.15, -0.1) is 0 Å². The summed E-state index contributed by atoms with van der Waals surface area (Å²) in [6.07, 6.45) is 0.845. The third kappa shape index (κ3) is 3.49. The molecule has 0 fully saturated rings. The highest BCUT2D eigenvalue weighted by molar-refractivity contribution is 5.94. The highest BCUT2D eigenvalue weighted by Gasteiger charge is 2.21. The Balaban J connectivity index is 1.59. The highest BCUT2D eigenvalue weighted by Crippen LogP contribution is 2.30. The number of fused-ring (bicyclic) bond motifs is 1. The quantitative estimate of drug-likeness (QED) is 0.939. The van der Waals surface area contributed by atoms with Crippen molar-refractivity contribution >= 4 is 5.91 Å². The van der Waals surface area contributed by atoms with Crippen LogP contribution in [-0.4, -0.2) is 26.2 Å². The number of rotatable bonds is 4. The normalized spacial score (nSPS) is 15.6. The summed E-state index contributed by atoms with van der Waals surface area (Å²) in [6.45, 7) is 1.08. The summed E-state index contributed by atoms with van der Waals surface area (Å²) in [7, 11) is 1.63. The maximum absolute atomic E-state index is 12.2. The van der Waals surface area contributed by atoms with E-state index in [4.69, 9.17) is 14.7 Å². The van der Waals surface area contributed by atoms with Gasteiger partial charge in [0.25, 0.3) is 5.91 Å². The Morgan fingerprint density at radius 3 is 3.04 bits per heavy atom. The summed E-state index contributed by atoms with van der Waals surface area (Å²) in [6, 6.07) is 14.5. The molecule has 5 heteroatoms. The molecule has 2 aromatic carbocycles. The fourth-order valence-corrected chi connectivity index (χ4v) is 2.74. The number of ether oxygens (including phenoxy) is 2. The second kappa shape index (κ2) is 7.05. The Kier molecular flexibility index (Phi) is 4.66. The van der Waals surface area contributed by atoms with Gasteiger partial charge in [-0.25, -0.2) is 0 Å². The number of hydrogen-bond donors (Lipinski definition) is 1. The van der Waals surface area contributed by atoms with Gasteiger partial charge in [0, 0.05) is 24.1 Å². The standard InChI is InChI=1S/C19H18N2O3/c1-23-17-6-5-15-8-14(12-24-18(15)9-17)11-21-19(22)16-4-2-3-13(7-16)10-20/h2-7,9,14H,8,11-12H2,1H3,(H,21,22)/t14-/m0/s1. The lowest BCUT2D eigenvalue weighted by molar-refractivity contribution is 0.0939. The molecule has 122 valence electrons. The van der Waals surface area contributed by atoms with Gasteiger partial charge >= 0.3 is 0 Å². The summed E-state index contributed by atoms with van der Waals surface area (Å²) in [4.78, 5) is 12.2. The molecule has 0 radical (unpaired) electrons. The number of hydrogen-bond acceptors (Lipinski definition) is 4. The van der Waals surface area contributed by atoms with Crippen LogP contribution in [0.3, 0.4) is 0 Å². The molecule has 1 N–H and O–H groups in total. The van der Waals surface area contributed by atoms with Crippen LogP contribution in [0.2, 0.25) is 0 Å². The Labute approximate surface area is 140 Å². The van der Waals surface area contributed by atoms with E-state index in [0.29, 0.717) is 24.3 Å². The second-order valence-electron chi connectivity index (χ2n) is 5.76. The van der Waals surface area contributed by atoms with Crippen LogP contribution in [0.15, 0.2) is 42.5 Å². The zero-order valence-electron chi connectivity index (χ0n) is 13.4. The first-order valence-corrected chi connectivity index (χ1v) is 7.77. The van der Waals surface area contributed by atoms with Crippen LogP contribution in [0.4, 0.5) is 0 Å². The van der Waals surface area contributed by atoms with Crippen molar-refractivity contribution in [3.8, 4) is 17.6 Å². The number of nitriles is 1. The van der Waals surface area contributed by atoms with E-state index in [1.807, 2.05) is 24.3 Å². The van der Waals surface area contributed by atoms with Crippen molar-refractivity contribution in [1.82, 2.24) is 5.32 Å². The Morgan fingerprint density at radius 2 is 2.25 bits per heavy atom. The minimum absolute atomic E-state index is 0.173. The molecule has 1 aliphatic heterocycles. The van der Waals surface area contributed by atoms with E-state index < -0.39 is 0 Å². The molecule has 0 unspecified atom stereocenters. The van der Waals surface area contributed by atoms with Crippen LogP contribution < -0.4 is 14.8 Å². The summed E-state index contributed by atoms with van der Waals surface area (Å²) < 4.78 is 11.0. The third-order valence-corrected chi connectivity index (χ3v) is 4.06. The topological polar surface area (TPSA) is 71.3 Å². The molecule has 5 nitrogen and oxygen atoms in total. The van der Waals surface area contributed by atoms with Crippen molar-refractivity contribution in [3.63, 3.8) is 0 Å². The molecule has 3 rings (SSSR count). The summed E-state index contributed by atoms with van der Waals surface area (Å²) in [5, 5.41) is 11.8. The number of amides is 1. The lowest BCUT2D eigenvalue weighted by atomic mass is 9.96. The molecule has 0 aliphatic carbocycles. The maximum atomic E-state index is 12.2. The summed E-state index contributed by atoms with van der Waals surface area (Å²) >= 11 is 0. The molecule has 24 heavy (non-hydrogen) atoms. The number of benzene rings is 2. The van der Waals surface area contributed by atoms with Crippen LogP contribution in [0.25, 0.3) is 0 Å². The first kappa shape index (κ1) is 15.9. The third-order valence-electron chi connectivity index (χ3n) is 4.06. The van der Waals surface area contributed by atoms with Crippen molar-refractivity contribution in [3.05, 3.63) is 59.2 Å². The Bertz CT molecular complexity index is 795. The van der Waals surface area contributed by atoms with Gasteiger partial charge < -0.3 is 14.8 Å². The fraction of sp³-hybridized carbons (Fsp3) is 0.263.